The number of morpholine rings is 1. The van der Waals surface area contributed by atoms with Gasteiger partial charge >= 0.3 is 0 Å². The van der Waals surface area contributed by atoms with Crippen LogP contribution in [0.3, 0.4) is 0 Å². The summed E-state index contributed by atoms with van der Waals surface area (Å²) in [5.41, 5.74) is 5.33. The van der Waals surface area contributed by atoms with Gasteiger partial charge in [0.05, 0.1) is 19.3 Å². The average Bonchev–Trinajstić information content (AvgIpc) is 2.38. The number of nitrogens with two attached hydrogens (primary N) is 1. The summed E-state index contributed by atoms with van der Waals surface area (Å²) in [7, 11) is 0. The summed E-state index contributed by atoms with van der Waals surface area (Å²) in [4.78, 5) is 13.7. The van der Waals surface area contributed by atoms with Gasteiger partial charge in [-0.25, -0.2) is 0 Å². The summed E-state index contributed by atoms with van der Waals surface area (Å²) in [6, 6.07) is -0.264. The van der Waals surface area contributed by atoms with E-state index in [1.807, 2.05) is 6.92 Å². The molecule has 0 radical (unpaired) electrons. The van der Waals surface area contributed by atoms with Crippen molar-refractivity contribution in [3.05, 3.63) is 0 Å². The molecule has 1 amide bonds. The van der Waals surface area contributed by atoms with E-state index in [4.69, 9.17) is 15.7 Å². The van der Waals surface area contributed by atoms with Crippen LogP contribution in [0.15, 0.2) is 5.16 Å². The Balaban J connectivity index is 2.26. The summed E-state index contributed by atoms with van der Waals surface area (Å²) in [6.07, 6.45) is 0.414. The number of nitrogens with one attached hydrogen (secondary N) is 1. The number of hydrogen-bond donors (Lipinski definition) is 3. The molecule has 4 N–H and O–H groups in total. The van der Waals surface area contributed by atoms with Crippen LogP contribution >= 0.6 is 0 Å². The minimum Gasteiger partial charge on any atom is -0.409 e. The van der Waals surface area contributed by atoms with Crippen LogP contribution in [0.2, 0.25) is 0 Å². The average molecular weight is 244 g/mol. The second kappa shape index (κ2) is 7.08. The molecule has 0 aromatic carbocycles. The topological polar surface area (TPSA) is 100 Å². The van der Waals surface area contributed by atoms with Crippen LogP contribution in [-0.4, -0.2) is 60.7 Å². The summed E-state index contributed by atoms with van der Waals surface area (Å²) in [6.45, 7) is 4.80. The van der Waals surface area contributed by atoms with Crippen LogP contribution in [-0.2, 0) is 9.53 Å². The maximum atomic E-state index is 11.9. The smallest absolute Gasteiger partial charge is 0.239 e. The number of nitrogens with zero attached hydrogens (tertiary/aromatic N) is 2. The number of hydrogen-bond acceptors (Lipinski definition) is 5. The molecule has 1 aliphatic heterocycles. The van der Waals surface area contributed by atoms with Crippen LogP contribution in [0.1, 0.15) is 13.3 Å². The molecule has 0 aromatic heterocycles. The Morgan fingerprint density at radius 2 is 2.24 bits per heavy atom. The molecule has 7 nitrogen and oxygen atoms in total. The van der Waals surface area contributed by atoms with E-state index in [9.17, 15) is 4.79 Å². The molecule has 0 aliphatic carbocycles. The molecule has 1 fully saturated rings. The van der Waals surface area contributed by atoms with E-state index in [2.05, 4.69) is 10.5 Å². The first-order chi connectivity index (χ1) is 8.15. The fraction of sp³-hybridized carbons (Fsp3) is 0.800. The largest absolute Gasteiger partial charge is 0.409 e. The molecule has 98 valence electrons. The lowest BCUT2D eigenvalue weighted by atomic mass is 10.2. The molecule has 1 rings (SSSR count). The Bertz CT molecular complexity index is 277. The number of amides is 1. The van der Waals surface area contributed by atoms with Crippen LogP contribution in [0.5, 0.6) is 0 Å². The highest BCUT2D eigenvalue weighted by Crippen LogP contribution is 2.00. The maximum Gasteiger partial charge on any atom is 0.239 e. The zero-order valence-corrected chi connectivity index (χ0v) is 10.1. The van der Waals surface area contributed by atoms with E-state index in [1.54, 1.807) is 4.90 Å². The van der Waals surface area contributed by atoms with Gasteiger partial charge in [-0.15, -0.1) is 0 Å². The fourth-order valence-corrected chi connectivity index (χ4v) is 1.61. The van der Waals surface area contributed by atoms with Gasteiger partial charge in [0.25, 0.3) is 0 Å². The van der Waals surface area contributed by atoms with Crippen LogP contribution in [0.25, 0.3) is 0 Å². The summed E-state index contributed by atoms with van der Waals surface area (Å²) in [5, 5.41) is 14.3. The van der Waals surface area contributed by atoms with E-state index < -0.39 is 0 Å². The first-order valence-corrected chi connectivity index (χ1v) is 5.71. The van der Waals surface area contributed by atoms with E-state index in [-0.39, 0.29) is 17.8 Å². The second-order valence-electron chi connectivity index (χ2n) is 3.95. The molecular formula is C10H20N4O3. The molecule has 0 saturated carbocycles. The van der Waals surface area contributed by atoms with Crippen LogP contribution in [0.4, 0.5) is 0 Å². The number of carbonyl (C=O) groups excluding carboxylic acids is 1. The third kappa shape index (κ3) is 4.58. The van der Waals surface area contributed by atoms with Gasteiger partial charge in [-0.1, -0.05) is 5.16 Å². The lowest BCUT2D eigenvalue weighted by Crippen LogP contribution is -2.49. The highest BCUT2D eigenvalue weighted by Gasteiger charge is 2.21. The van der Waals surface area contributed by atoms with E-state index in [1.165, 1.54) is 0 Å². The van der Waals surface area contributed by atoms with Gasteiger partial charge in [-0.05, 0) is 6.92 Å². The number of rotatable bonds is 5. The van der Waals surface area contributed by atoms with Crippen molar-refractivity contribution < 1.29 is 14.7 Å². The molecule has 7 heteroatoms. The molecule has 0 aromatic rings. The Morgan fingerprint density at radius 3 is 2.82 bits per heavy atom. The van der Waals surface area contributed by atoms with Crippen molar-refractivity contribution in [2.24, 2.45) is 10.9 Å². The number of ether oxygens (including phenoxy) is 1. The molecule has 1 unspecified atom stereocenters. The first kappa shape index (κ1) is 13.7. The quantitative estimate of drug-likeness (QED) is 0.248. The third-order valence-corrected chi connectivity index (χ3v) is 2.65. The zero-order chi connectivity index (χ0) is 12.7. The highest BCUT2D eigenvalue weighted by atomic mass is 16.5. The third-order valence-electron chi connectivity index (χ3n) is 2.65. The lowest BCUT2D eigenvalue weighted by Gasteiger charge is -2.29. The van der Waals surface area contributed by atoms with Gasteiger partial charge in [0, 0.05) is 26.1 Å². The Kier molecular flexibility index (Phi) is 5.71. The van der Waals surface area contributed by atoms with Gasteiger partial charge in [-0.2, -0.15) is 0 Å². The van der Waals surface area contributed by atoms with Gasteiger partial charge in [0.2, 0.25) is 5.91 Å². The van der Waals surface area contributed by atoms with Gasteiger partial charge in [0.15, 0.2) is 0 Å². The van der Waals surface area contributed by atoms with Crippen molar-refractivity contribution in [1.29, 1.82) is 0 Å². The van der Waals surface area contributed by atoms with Gasteiger partial charge < -0.3 is 25.9 Å². The predicted octanol–water partition coefficient (Wildman–Crippen LogP) is -1.04. The first-order valence-electron chi connectivity index (χ1n) is 5.71. The summed E-state index contributed by atoms with van der Waals surface area (Å²) < 4.78 is 5.18. The molecule has 1 saturated heterocycles. The lowest BCUT2D eigenvalue weighted by molar-refractivity contribution is -0.137. The van der Waals surface area contributed by atoms with E-state index in [0.29, 0.717) is 39.3 Å². The van der Waals surface area contributed by atoms with Crippen molar-refractivity contribution in [1.82, 2.24) is 10.2 Å². The van der Waals surface area contributed by atoms with Crippen molar-refractivity contribution in [3.8, 4) is 0 Å². The number of amidine groups is 1. The van der Waals surface area contributed by atoms with E-state index >= 15 is 0 Å². The second-order valence-corrected chi connectivity index (χ2v) is 3.95. The molecule has 17 heavy (non-hydrogen) atoms. The predicted molar refractivity (Wildman–Crippen MR) is 62.9 cm³/mol. The normalized spacial score (nSPS) is 19.1. The van der Waals surface area contributed by atoms with Gasteiger partial charge in [0.1, 0.15) is 5.84 Å². The van der Waals surface area contributed by atoms with Crippen LogP contribution < -0.4 is 11.1 Å². The van der Waals surface area contributed by atoms with Gasteiger partial charge in [-0.3, -0.25) is 4.79 Å². The summed E-state index contributed by atoms with van der Waals surface area (Å²) in [5.74, 6) is 0.219. The zero-order valence-electron chi connectivity index (χ0n) is 10.1. The SMILES string of the molecule is CC(NCCC(N)=NO)C(=O)N1CCOCC1. The van der Waals surface area contributed by atoms with E-state index in [0.717, 1.165) is 0 Å². The number of carbonyl (C=O) groups is 1. The minimum atomic E-state index is -0.264. The Hall–Kier alpha value is -1.34. The summed E-state index contributed by atoms with van der Waals surface area (Å²) >= 11 is 0. The monoisotopic (exact) mass is 244 g/mol. The Labute approximate surface area is 101 Å². The molecule has 1 aliphatic rings. The molecule has 0 spiro atoms. The fourth-order valence-electron chi connectivity index (χ4n) is 1.61. The highest BCUT2D eigenvalue weighted by molar-refractivity contribution is 5.82. The van der Waals surface area contributed by atoms with Crippen molar-refractivity contribution in [3.63, 3.8) is 0 Å². The molecular weight excluding hydrogens is 224 g/mol. The minimum absolute atomic E-state index is 0.0628. The van der Waals surface area contributed by atoms with Crippen molar-refractivity contribution in [2.45, 2.75) is 19.4 Å². The Morgan fingerprint density at radius 1 is 1.59 bits per heavy atom. The molecule has 1 heterocycles. The number of oxime groups is 1. The molecule has 0 bridgehead atoms. The van der Waals surface area contributed by atoms with Crippen molar-refractivity contribution >= 4 is 11.7 Å². The maximum absolute atomic E-state index is 11.9. The van der Waals surface area contributed by atoms with Crippen molar-refractivity contribution in [2.75, 3.05) is 32.8 Å². The molecule has 1 atom stereocenters. The standard InChI is InChI=1S/C10H20N4O3/c1-8(12-3-2-9(11)13-16)10(15)14-4-6-17-7-5-14/h8,12,16H,2-7H2,1H3,(H2,11,13). The van der Waals surface area contributed by atoms with Crippen LogP contribution in [0, 0.1) is 0 Å².